The average Bonchev–Trinajstić information content (AvgIpc) is 2.51. The van der Waals surface area contributed by atoms with Crippen LogP contribution in [0.1, 0.15) is 63.6 Å². The van der Waals surface area contributed by atoms with E-state index in [1.54, 1.807) is 0 Å². The predicted octanol–water partition coefficient (Wildman–Crippen LogP) is 5.04. The normalized spacial score (nSPS) is 17.1. The minimum atomic E-state index is -0.254. The first-order chi connectivity index (χ1) is 11.2. The molecule has 0 N–H and O–H groups in total. The molecule has 132 valence electrons. The summed E-state index contributed by atoms with van der Waals surface area (Å²) in [6.07, 6.45) is 5.16. The van der Waals surface area contributed by atoms with Crippen molar-refractivity contribution in [1.82, 2.24) is 0 Å². The zero-order valence-electron chi connectivity index (χ0n) is 16.2. The molecule has 0 saturated carbocycles. The molecule has 0 radical (unpaired) electrons. The number of unbranched alkanes of at least 4 members (excludes halogenated alkanes) is 1. The Morgan fingerprint density at radius 3 is 2.42 bits per heavy atom. The molecule has 1 unspecified atom stereocenters. The number of nitrogens with zero attached hydrogens (tertiary/aromatic N) is 1. The number of aryl methyl sites for hydroxylation is 2. The molecule has 1 atom stereocenters. The van der Waals surface area contributed by atoms with Crippen LogP contribution < -0.4 is 4.90 Å². The standard InChI is InChI=1S/C21H31NO2/c1-8-9-10-18(20(23)24-7)22-19-12-15(3)14(2)11-17(19)16(4)13-21(22,5)6/h11-13,18H,8-10H2,1-7H3. The molecule has 1 aromatic carbocycles. The van der Waals surface area contributed by atoms with Gasteiger partial charge in [0.15, 0.2) is 0 Å². The number of anilines is 1. The molecule has 1 aliphatic rings. The molecular weight excluding hydrogens is 298 g/mol. The number of hydrogen-bond acceptors (Lipinski definition) is 3. The zero-order valence-corrected chi connectivity index (χ0v) is 16.2. The number of carbonyl (C=O) groups excluding carboxylic acids is 1. The van der Waals surface area contributed by atoms with E-state index in [2.05, 4.69) is 64.7 Å². The third-order valence-electron chi connectivity index (χ3n) is 5.10. The average molecular weight is 329 g/mol. The second kappa shape index (κ2) is 7.00. The molecule has 3 nitrogen and oxygen atoms in total. The first kappa shape index (κ1) is 18.6. The fraction of sp³-hybridized carbons (Fsp3) is 0.571. The van der Waals surface area contributed by atoms with Crippen molar-refractivity contribution in [2.75, 3.05) is 12.0 Å². The molecule has 0 amide bonds. The van der Waals surface area contributed by atoms with Crippen molar-refractivity contribution in [3.05, 3.63) is 34.9 Å². The van der Waals surface area contributed by atoms with Gasteiger partial charge in [0.2, 0.25) is 0 Å². The second-order valence-corrected chi connectivity index (χ2v) is 7.49. The molecule has 0 aliphatic carbocycles. The number of esters is 1. The van der Waals surface area contributed by atoms with Gasteiger partial charge in [-0.15, -0.1) is 0 Å². The summed E-state index contributed by atoms with van der Waals surface area (Å²) in [5.41, 5.74) is 5.95. The largest absolute Gasteiger partial charge is 0.467 e. The summed E-state index contributed by atoms with van der Waals surface area (Å²) in [5, 5.41) is 0. The summed E-state index contributed by atoms with van der Waals surface area (Å²) in [4.78, 5) is 14.8. The number of ether oxygens (including phenoxy) is 1. The van der Waals surface area contributed by atoms with Gasteiger partial charge in [0.05, 0.1) is 12.6 Å². The molecule has 1 aromatic rings. The van der Waals surface area contributed by atoms with E-state index in [9.17, 15) is 4.79 Å². The van der Waals surface area contributed by atoms with Crippen molar-refractivity contribution in [3.63, 3.8) is 0 Å². The Labute approximate surface area is 146 Å². The number of carbonyl (C=O) groups is 1. The number of benzene rings is 1. The summed E-state index contributed by atoms with van der Waals surface area (Å²) in [7, 11) is 1.49. The Balaban J connectivity index is 2.62. The van der Waals surface area contributed by atoms with Crippen LogP contribution in [-0.4, -0.2) is 24.7 Å². The van der Waals surface area contributed by atoms with Crippen molar-refractivity contribution in [2.45, 2.75) is 72.4 Å². The summed E-state index contributed by atoms with van der Waals surface area (Å²) >= 11 is 0. The number of fused-ring (bicyclic) bond motifs is 1. The third kappa shape index (κ3) is 3.35. The smallest absolute Gasteiger partial charge is 0.328 e. The minimum Gasteiger partial charge on any atom is -0.467 e. The van der Waals surface area contributed by atoms with Gasteiger partial charge in [-0.25, -0.2) is 4.79 Å². The first-order valence-corrected chi connectivity index (χ1v) is 8.91. The Morgan fingerprint density at radius 1 is 1.21 bits per heavy atom. The van der Waals surface area contributed by atoms with Crippen LogP contribution in [0.4, 0.5) is 5.69 Å². The molecule has 24 heavy (non-hydrogen) atoms. The highest BCUT2D eigenvalue weighted by molar-refractivity contribution is 5.88. The lowest BCUT2D eigenvalue weighted by atomic mass is 9.85. The van der Waals surface area contributed by atoms with Crippen LogP contribution in [0.5, 0.6) is 0 Å². The van der Waals surface area contributed by atoms with Crippen LogP contribution in [0.25, 0.3) is 5.57 Å². The Bertz CT molecular complexity index is 658. The second-order valence-electron chi connectivity index (χ2n) is 7.49. The Morgan fingerprint density at radius 2 is 1.83 bits per heavy atom. The van der Waals surface area contributed by atoms with E-state index >= 15 is 0 Å². The van der Waals surface area contributed by atoms with Crippen LogP contribution in [0.15, 0.2) is 18.2 Å². The van der Waals surface area contributed by atoms with Gasteiger partial charge in [0.1, 0.15) is 6.04 Å². The lowest BCUT2D eigenvalue weighted by molar-refractivity contribution is -0.142. The van der Waals surface area contributed by atoms with E-state index in [1.807, 2.05) is 0 Å². The third-order valence-corrected chi connectivity index (χ3v) is 5.10. The lowest BCUT2D eigenvalue weighted by Crippen LogP contribution is -2.54. The maximum atomic E-state index is 12.6. The molecule has 1 aliphatic heterocycles. The number of hydrogen-bond donors (Lipinski definition) is 0. The van der Waals surface area contributed by atoms with Crippen molar-refractivity contribution in [3.8, 4) is 0 Å². The van der Waals surface area contributed by atoms with E-state index < -0.39 is 0 Å². The lowest BCUT2D eigenvalue weighted by Gasteiger charge is -2.47. The van der Waals surface area contributed by atoms with E-state index in [1.165, 1.54) is 29.4 Å². The van der Waals surface area contributed by atoms with Crippen molar-refractivity contribution >= 4 is 17.2 Å². The topological polar surface area (TPSA) is 29.5 Å². The highest BCUT2D eigenvalue weighted by atomic mass is 16.5. The molecule has 2 rings (SSSR count). The van der Waals surface area contributed by atoms with Crippen LogP contribution in [0, 0.1) is 13.8 Å². The quantitative estimate of drug-likeness (QED) is 0.709. The zero-order chi connectivity index (χ0) is 18.1. The number of methoxy groups -OCH3 is 1. The Kier molecular flexibility index (Phi) is 5.42. The van der Waals surface area contributed by atoms with Gasteiger partial charge in [-0.1, -0.05) is 25.8 Å². The molecule has 3 heteroatoms. The van der Waals surface area contributed by atoms with Gasteiger partial charge in [-0.2, -0.15) is 0 Å². The van der Waals surface area contributed by atoms with Gasteiger partial charge >= 0.3 is 5.97 Å². The molecule has 0 bridgehead atoms. The van der Waals surface area contributed by atoms with Crippen LogP contribution in [-0.2, 0) is 9.53 Å². The molecule has 0 spiro atoms. The first-order valence-electron chi connectivity index (χ1n) is 8.91. The fourth-order valence-corrected chi connectivity index (χ4v) is 3.76. The minimum absolute atomic E-state index is 0.145. The van der Waals surface area contributed by atoms with Gasteiger partial charge in [-0.3, -0.25) is 0 Å². The molecule has 1 heterocycles. The number of rotatable bonds is 5. The maximum absolute atomic E-state index is 12.6. The van der Waals surface area contributed by atoms with Crippen molar-refractivity contribution in [2.24, 2.45) is 0 Å². The van der Waals surface area contributed by atoms with Gasteiger partial charge in [0, 0.05) is 11.3 Å². The van der Waals surface area contributed by atoms with Gasteiger partial charge in [0.25, 0.3) is 0 Å². The molecular formula is C21H31NO2. The van der Waals surface area contributed by atoms with Crippen LogP contribution >= 0.6 is 0 Å². The van der Waals surface area contributed by atoms with E-state index in [-0.39, 0.29) is 17.6 Å². The molecule has 0 saturated heterocycles. The van der Waals surface area contributed by atoms with E-state index in [4.69, 9.17) is 4.74 Å². The van der Waals surface area contributed by atoms with Crippen LogP contribution in [0.2, 0.25) is 0 Å². The molecule has 0 aromatic heterocycles. The maximum Gasteiger partial charge on any atom is 0.328 e. The van der Waals surface area contributed by atoms with Crippen molar-refractivity contribution < 1.29 is 9.53 Å². The summed E-state index contributed by atoms with van der Waals surface area (Å²) in [5.74, 6) is -0.145. The van der Waals surface area contributed by atoms with Crippen molar-refractivity contribution in [1.29, 1.82) is 0 Å². The predicted molar refractivity (Wildman–Crippen MR) is 101 cm³/mol. The highest BCUT2D eigenvalue weighted by Crippen LogP contribution is 2.42. The monoisotopic (exact) mass is 329 g/mol. The van der Waals surface area contributed by atoms with Gasteiger partial charge in [-0.05, 0) is 69.9 Å². The van der Waals surface area contributed by atoms with E-state index in [0.717, 1.165) is 24.9 Å². The fourth-order valence-electron chi connectivity index (χ4n) is 3.76. The summed E-state index contributed by atoms with van der Waals surface area (Å²) in [6.45, 7) is 12.9. The highest BCUT2D eigenvalue weighted by Gasteiger charge is 2.39. The van der Waals surface area contributed by atoms with Crippen LogP contribution in [0.3, 0.4) is 0 Å². The Hall–Kier alpha value is -1.77. The van der Waals surface area contributed by atoms with E-state index in [0.29, 0.717) is 0 Å². The molecule has 0 fully saturated rings. The summed E-state index contributed by atoms with van der Waals surface area (Å²) in [6, 6.07) is 4.22. The van der Waals surface area contributed by atoms with Gasteiger partial charge < -0.3 is 9.64 Å². The summed E-state index contributed by atoms with van der Waals surface area (Å²) < 4.78 is 5.15. The SMILES string of the molecule is CCCCC(C(=O)OC)N1c2cc(C)c(C)cc2C(C)=CC1(C)C. The number of allylic oxidation sites excluding steroid dienone is 1.